The first kappa shape index (κ1) is 27.0. The van der Waals surface area contributed by atoms with E-state index in [1.807, 2.05) is 57.3 Å². The molecule has 2 rings (SSSR count). The van der Waals surface area contributed by atoms with Gasteiger partial charge in [0.1, 0.15) is 5.75 Å². The van der Waals surface area contributed by atoms with Gasteiger partial charge in [0.25, 0.3) is 0 Å². The first-order valence-electron chi connectivity index (χ1n) is 10.6. The van der Waals surface area contributed by atoms with E-state index >= 15 is 0 Å². The number of guanidine groups is 1. The third-order valence-electron chi connectivity index (χ3n) is 4.40. The molecule has 0 bridgehead atoms. The summed E-state index contributed by atoms with van der Waals surface area (Å²) in [5.74, 6) is 1.41. The van der Waals surface area contributed by atoms with Crippen molar-refractivity contribution in [2.24, 2.45) is 4.99 Å². The Hall–Kier alpha value is -2.07. The molecule has 0 aliphatic carbocycles. The average Bonchev–Trinajstić information content (AvgIpc) is 2.72. The lowest BCUT2D eigenvalue weighted by molar-refractivity contribution is 0.185. The molecule has 3 N–H and O–H groups in total. The number of aliphatic imine (C=N–C) groups is 1. The van der Waals surface area contributed by atoms with E-state index in [4.69, 9.17) is 4.74 Å². The van der Waals surface area contributed by atoms with Crippen molar-refractivity contribution in [3.63, 3.8) is 0 Å². The molecule has 7 nitrogen and oxygen atoms in total. The maximum absolute atomic E-state index is 11.7. The Morgan fingerprint density at radius 2 is 1.97 bits per heavy atom. The predicted octanol–water partition coefficient (Wildman–Crippen LogP) is 3.32. The third-order valence-corrected chi connectivity index (χ3v) is 4.40. The molecule has 1 aromatic heterocycles. The normalized spacial score (nSPS) is 12.2. The topological polar surface area (TPSA) is 87.9 Å². The second-order valence-electron chi connectivity index (χ2n) is 7.34. The van der Waals surface area contributed by atoms with Crippen LogP contribution in [0.5, 0.6) is 5.75 Å². The number of unbranched alkanes of at least 4 members (excludes halogenated alkanes) is 1. The Kier molecular flexibility index (Phi) is 12.9. The third kappa shape index (κ3) is 10.2. The minimum absolute atomic E-state index is 0. The Morgan fingerprint density at radius 3 is 2.68 bits per heavy atom. The smallest absolute Gasteiger partial charge is 0.250 e. The van der Waals surface area contributed by atoms with Crippen LogP contribution in [0, 0.1) is 0 Å². The predicted molar refractivity (Wildman–Crippen MR) is 136 cm³/mol. The molecule has 0 radical (unpaired) electrons. The van der Waals surface area contributed by atoms with Crippen LogP contribution in [0.3, 0.4) is 0 Å². The van der Waals surface area contributed by atoms with Crippen molar-refractivity contribution in [1.82, 2.24) is 15.2 Å². The van der Waals surface area contributed by atoms with Gasteiger partial charge in [0.2, 0.25) is 5.56 Å². The van der Waals surface area contributed by atoms with Crippen LogP contribution in [0.1, 0.15) is 45.3 Å². The van der Waals surface area contributed by atoms with Gasteiger partial charge in [0, 0.05) is 31.9 Å². The van der Waals surface area contributed by atoms with Crippen molar-refractivity contribution in [1.29, 1.82) is 0 Å². The van der Waals surface area contributed by atoms with Crippen LogP contribution in [0.25, 0.3) is 0 Å². The number of nitrogens with zero attached hydrogens (tertiary/aromatic N) is 2. The number of benzene rings is 1. The zero-order chi connectivity index (χ0) is 21.8. The Balaban J connectivity index is 0.00000480. The summed E-state index contributed by atoms with van der Waals surface area (Å²) in [5, 5.41) is 17.0. The molecule has 1 atom stereocenters. The van der Waals surface area contributed by atoms with Crippen LogP contribution in [0.15, 0.2) is 58.4 Å². The van der Waals surface area contributed by atoms with Crippen molar-refractivity contribution >= 4 is 29.9 Å². The zero-order valence-electron chi connectivity index (χ0n) is 18.6. The minimum atomic E-state index is -0.707. The molecule has 0 saturated carbocycles. The number of aromatic nitrogens is 1. The highest BCUT2D eigenvalue weighted by atomic mass is 127. The number of pyridine rings is 1. The van der Waals surface area contributed by atoms with E-state index in [0.717, 1.165) is 37.2 Å². The monoisotopic (exact) mass is 542 g/mol. The van der Waals surface area contributed by atoms with E-state index in [-0.39, 0.29) is 42.2 Å². The van der Waals surface area contributed by atoms with E-state index in [1.54, 1.807) is 16.7 Å². The molecular weight excluding hydrogens is 507 g/mol. The SMILES string of the molecule is CCNC(=NCC(O)c1cccc(OC(C)C)c1)NCCCCn1ccccc1=O.I. The number of aliphatic hydroxyl groups is 1. The summed E-state index contributed by atoms with van der Waals surface area (Å²) in [7, 11) is 0. The molecule has 31 heavy (non-hydrogen) atoms. The minimum Gasteiger partial charge on any atom is -0.491 e. The molecule has 0 spiro atoms. The molecule has 1 aromatic carbocycles. The highest BCUT2D eigenvalue weighted by molar-refractivity contribution is 14.0. The number of ether oxygens (including phenoxy) is 1. The number of halogens is 1. The molecule has 0 aliphatic rings. The summed E-state index contributed by atoms with van der Waals surface area (Å²) >= 11 is 0. The summed E-state index contributed by atoms with van der Waals surface area (Å²) < 4.78 is 7.41. The molecule has 0 fully saturated rings. The number of aliphatic hydroxyl groups excluding tert-OH is 1. The Morgan fingerprint density at radius 1 is 1.16 bits per heavy atom. The van der Waals surface area contributed by atoms with E-state index in [1.165, 1.54) is 0 Å². The summed E-state index contributed by atoms with van der Waals surface area (Å²) in [6, 6.07) is 12.7. The van der Waals surface area contributed by atoms with E-state index in [9.17, 15) is 9.90 Å². The van der Waals surface area contributed by atoms with Gasteiger partial charge in [-0.25, -0.2) is 0 Å². The van der Waals surface area contributed by atoms with Crippen molar-refractivity contribution < 1.29 is 9.84 Å². The van der Waals surface area contributed by atoms with E-state index in [2.05, 4.69) is 15.6 Å². The molecule has 0 saturated heterocycles. The van der Waals surface area contributed by atoms with Gasteiger partial charge in [-0.2, -0.15) is 0 Å². The number of hydrogen-bond acceptors (Lipinski definition) is 4. The van der Waals surface area contributed by atoms with Gasteiger partial charge in [0.15, 0.2) is 5.96 Å². The van der Waals surface area contributed by atoms with Gasteiger partial charge in [0.05, 0.1) is 18.8 Å². The highest BCUT2D eigenvalue weighted by Crippen LogP contribution is 2.20. The molecule has 2 aromatic rings. The van der Waals surface area contributed by atoms with Gasteiger partial charge < -0.3 is 25.0 Å². The fraction of sp³-hybridized carbons (Fsp3) is 0.478. The number of rotatable bonds is 11. The number of hydrogen-bond donors (Lipinski definition) is 3. The first-order valence-corrected chi connectivity index (χ1v) is 10.6. The van der Waals surface area contributed by atoms with Gasteiger partial charge in [-0.1, -0.05) is 18.2 Å². The molecule has 0 amide bonds. The van der Waals surface area contributed by atoms with Crippen molar-refractivity contribution in [3.05, 3.63) is 64.6 Å². The molecule has 0 aliphatic heterocycles. The lowest BCUT2D eigenvalue weighted by atomic mass is 10.1. The first-order chi connectivity index (χ1) is 14.5. The molecule has 1 heterocycles. The standard InChI is InChI=1S/C23H34N4O3.HI/c1-4-24-23(25-13-6-8-15-27-14-7-5-12-22(27)29)26-17-21(28)19-10-9-11-20(16-19)30-18(2)3;/h5,7,9-12,14,16,18,21,28H,4,6,8,13,15,17H2,1-3H3,(H2,24,25,26);1H. The summed E-state index contributed by atoms with van der Waals surface area (Å²) in [5.41, 5.74) is 0.804. The fourth-order valence-electron chi connectivity index (χ4n) is 2.95. The number of aryl methyl sites for hydroxylation is 1. The average molecular weight is 542 g/mol. The molecule has 8 heteroatoms. The summed E-state index contributed by atoms with van der Waals surface area (Å²) in [6.07, 6.45) is 2.98. The second kappa shape index (κ2) is 14.9. The summed E-state index contributed by atoms with van der Waals surface area (Å²) in [4.78, 5) is 16.2. The lowest BCUT2D eigenvalue weighted by Crippen LogP contribution is -2.38. The van der Waals surface area contributed by atoms with E-state index in [0.29, 0.717) is 12.5 Å². The second-order valence-corrected chi connectivity index (χ2v) is 7.34. The van der Waals surface area contributed by atoms with E-state index < -0.39 is 6.10 Å². The maximum Gasteiger partial charge on any atom is 0.250 e. The zero-order valence-corrected chi connectivity index (χ0v) is 20.9. The molecule has 1 unspecified atom stereocenters. The van der Waals surface area contributed by atoms with Crippen molar-refractivity contribution in [2.45, 2.75) is 52.4 Å². The van der Waals surface area contributed by atoms with Crippen LogP contribution < -0.4 is 20.9 Å². The van der Waals surface area contributed by atoms with Gasteiger partial charge in [-0.3, -0.25) is 9.79 Å². The quantitative estimate of drug-likeness (QED) is 0.176. The molecular formula is C23H35IN4O3. The van der Waals surface area contributed by atoms with Crippen LogP contribution >= 0.6 is 24.0 Å². The van der Waals surface area contributed by atoms with Crippen LogP contribution in [-0.2, 0) is 6.54 Å². The van der Waals surface area contributed by atoms with Crippen LogP contribution in [0.2, 0.25) is 0 Å². The van der Waals surface area contributed by atoms with Crippen molar-refractivity contribution in [2.75, 3.05) is 19.6 Å². The molecule has 172 valence electrons. The number of nitrogens with one attached hydrogen (secondary N) is 2. The van der Waals surface area contributed by atoms with Gasteiger partial charge in [-0.15, -0.1) is 24.0 Å². The van der Waals surface area contributed by atoms with Gasteiger partial charge >= 0.3 is 0 Å². The highest BCUT2D eigenvalue weighted by Gasteiger charge is 2.09. The van der Waals surface area contributed by atoms with Crippen LogP contribution in [-0.4, -0.2) is 41.4 Å². The van der Waals surface area contributed by atoms with Crippen LogP contribution in [0.4, 0.5) is 0 Å². The largest absolute Gasteiger partial charge is 0.491 e. The Bertz CT molecular complexity index is 854. The van der Waals surface area contributed by atoms with Crippen molar-refractivity contribution in [3.8, 4) is 5.75 Å². The Labute approximate surface area is 202 Å². The summed E-state index contributed by atoms with van der Waals surface area (Å²) in [6.45, 7) is 8.37. The van der Waals surface area contributed by atoms with Gasteiger partial charge in [-0.05, 0) is 57.4 Å². The maximum atomic E-state index is 11.7. The lowest BCUT2D eigenvalue weighted by Gasteiger charge is -2.15. The fourth-order valence-corrected chi connectivity index (χ4v) is 2.95.